The smallest absolute Gasteiger partial charge is 0.234 e. The summed E-state index contributed by atoms with van der Waals surface area (Å²) in [5.41, 5.74) is 9.82. The van der Waals surface area contributed by atoms with Gasteiger partial charge < -0.3 is 11.1 Å². The first kappa shape index (κ1) is 14.2. The molecule has 21 heavy (non-hydrogen) atoms. The van der Waals surface area contributed by atoms with Crippen molar-refractivity contribution in [3.63, 3.8) is 0 Å². The molecule has 0 radical (unpaired) electrons. The molecular weight excluding hydrogens is 282 g/mol. The Bertz CT molecular complexity index is 609. The van der Waals surface area contributed by atoms with Crippen LogP contribution in [-0.2, 0) is 4.79 Å². The lowest BCUT2D eigenvalue weighted by molar-refractivity contribution is -0.119. The topological polar surface area (TPSA) is 68.0 Å². The molecule has 4 nitrogen and oxygen atoms in total. The Hall–Kier alpha value is -1.72. The summed E-state index contributed by atoms with van der Waals surface area (Å²) in [6.07, 6.45) is 2.72. The third-order valence-corrected chi connectivity index (χ3v) is 5.03. The number of nitrogens with one attached hydrogen (secondary N) is 1. The summed E-state index contributed by atoms with van der Waals surface area (Å²) in [5.74, 6) is 0.380. The summed E-state index contributed by atoms with van der Waals surface area (Å²) in [7, 11) is 0. The van der Waals surface area contributed by atoms with Crippen LogP contribution in [0.1, 0.15) is 28.3 Å². The molecule has 3 atom stereocenters. The third kappa shape index (κ3) is 2.99. The zero-order valence-corrected chi connectivity index (χ0v) is 12.8. The number of thiazole rings is 1. The molecule has 0 saturated carbocycles. The number of primary amides is 1. The fourth-order valence-corrected chi connectivity index (χ4v) is 3.90. The van der Waals surface area contributed by atoms with Crippen LogP contribution in [0.3, 0.4) is 0 Å². The van der Waals surface area contributed by atoms with Gasteiger partial charge in [0.25, 0.3) is 0 Å². The van der Waals surface area contributed by atoms with Gasteiger partial charge >= 0.3 is 0 Å². The number of aryl methyl sites for hydroxylation is 1. The number of carbonyl (C=O) groups is 1. The molecule has 1 amide bonds. The van der Waals surface area contributed by atoms with Crippen LogP contribution in [0.2, 0.25) is 0 Å². The molecule has 0 spiro atoms. The van der Waals surface area contributed by atoms with E-state index in [1.54, 1.807) is 11.3 Å². The van der Waals surface area contributed by atoms with Crippen LogP contribution < -0.4 is 11.1 Å². The SMILES string of the molecule is Cc1ccc(C(c2cncs2)C2CNC(C(N)=O)C2)cc1. The Morgan fingerprint density at radius 2 is 2.19 bits per heavy atom. The van der Waals surface area contributed by atoms with Crippen molar-refractivity contribution in [1.82, 2.24) is 10.3 Å². The van der Waals surface area contributed by atoms with Crippen molar-refractivity contribution in [2.45, 2.75) is 25.3 Å². The average molecular weight is 301 g/mol. The van der Waals surface area contributed by atoms with Crippen molar-refractivity contribution in [2.24, 2.45) is 11.7 Å². The van der Waals surface area contributed by atoms with E-state index in [9.17, 15) is 4.79 Å². The Morgan fingerprint density at radius 1 is 1.43 bits per heavy atom. The zero-order chi connectivity index (χ0) is 14.8. The van der Waals surface area contributed by atoms with Crippen LogP contribution >= 0.6 is 11.3 Å². The quantitative estimate of drug-likeness (QED) is 0.908. The van der Waals surface area contributed by atoms with Gasteiger partial charge in [-0.15, -0.1) is 11.3 Å². The number of nitrogens with zero attached hydrogens (tertiary/aromatic N) is 1. The number of amides is 1. The summed E-state index contributed by atoms with van der Waals surface area (Å²) in [6, 6.07) is 8.42. The summed E-state index contributed by atoms with van der Waals surface area (Å²) in [5, 5.41) is 3.24. The summed E-state index contributed by atoms with van der Waals surface area (Å²) in [6.45, 7) is 2.90. The van der Waals surface area contributed by atoms with E-state index in [-0.39, 0.29) is 17.9 Å². The highest BCUT2D eigenvalue weighted by molar-refractivity contribution is 7.09. The largest absolute Gasteiger partial charge is 0.368 e. The normalized spacial score (nSPS) is 23.1. The van der Waals surface area contributed by atoms with E-state index >= 15 is 0 Å². The Labute approximate surface area is 128 Å². The van der Waals surface area contributed by atoms with Crippen molar-refractivity contribution in [2.75, 3.05) is 6.54 Å². The van der Waals surface area contributed by atoms with E-state index in [0.29, 0.717) is 5.92 Å². The first-order valence-corrected chi connectivity index (χ1v) is 8.01. The average Bonchev–Trinajstić information content (AvgIpc) is 3.13. The number of nitrogens with two attached hydrogens (primary N) is 1. The fraction of sp³-hybridized carbons (Fsp3) is 0.375. The number of aromatic nitrogens is 1. The predicted octanol–water partition coefficient (Wildman–Crippen LogP) is 2.05. The molecule has 1 fully saturated rings. The van der Waals surface area contributed by atoms with E-state index in [1.165, 1.54) is 16.0 Å². The maximum absolute atomic E-state index is 11.4. The lowest BCUT2D eigenvalue weighted by Crippen LogP contribution is -2.36. The second-order valence-electron chi connectivity index (χ2n) is 5.65. The number of hydrogen-bond acceptors (Lipinski definition) is 4. The van der Waals surface area contributed by atoms with Gasteiger partial charge in [-0.3, -0.25) is 9.78 Å². The minimum absolute atomic E-state index is 0.212. The molecule has 2 aromatic rings. The molecule has 1 aromatic carbocycles. The highest BCUT2D eigenvalue weighted by atomic mass is 32.1. The number of hydrogen-bond donors (Lipinski definition) is 2. The molecule has 0 bridgehead atoms. The lowest BCUT2D eigenvalue weighted by Gasteiger charge is -2.22. The standard InChI is InChI=1S/C16H19N3OS/c1-10-2-4-11(5-3-10)15(14-8-18-9-21-14)12-6-13(16(17)20)19-7-12/h2-5,8-9,12-13,15,19H,6-7H2,1H3,(H2,17,20). The van der Waals surface area contributed by atoms with Crippen LogP contribution in [0.15, 0.2) is 36.0 Å². The molecular formula is C16H19N3OS. The van der Waals surface area contributed by atoms with Crippen molar-refractivity contribution in [1.29, 1.82) is 0 Å². The second-order valence-corrected chi connectivity index (χ2v) is 6.57. The van der Waals surface area contributed by atoms with Gasteiger partial charge in [0, 0.05) is 17.0 Å². The number of carbonyl (C=O) groups excluding carboxylic acids is 1. The highest BCUT2D eigenvalue weighted by Crippen LogP contribution is 2.38. The Morgan fingerprint density at radius 3 is 2.76 bits per heavy atom. The first-order chi connectivity index (χ1) is 10.1. The Kier molecular flexibility index (Phi) is 4.03. The monoisotopic (exact) mass is 301 g/mol. The summed E-state index contributed by atoms with van der Waals surface area (Å²) in [4.78, 5) is 16.9. The number of benzene rings is 1. The van der Waals surface area contributed by atoms with Gasteiger partial charge in [0.15, 0.2) is 0 Å². The second kappa shape index (κ2) is 5.95. The van der Waals surface area contributed by atoms with Crippen molar-refractivity contribution >= 4 is 17.2 Å². The van der Waals surface area contributed by atoms with Gasteiger partial charge in [-0.05, 0) is 31.4 Å². The van der Waals surface area contributed by atoms with Crippen LogP contribution in [0.5, 0.6) is 0 Å². The lowest BCUT2D eigenvalue weighted by atomic mass is 9.83. The van der Waals surface area contributed by atoms with Gasteiger partial charge in [0.1, 0.15) is 0 Å². The minimum Gasteiger partial charge on any atom is -0.368 e. The molecule has 1 aliphatic rings. The van der Waals surface area contributed by atoms with Gasteiger partial charge in [-0.1, -0.05) is 29.8 Å². The fourth-order valence-electron chi connectivity index (χ4n) is 3.06. The molecule has 3 N–H and O–H groups in total. The molecule has 110 valence electrons. The van der Waals surface area contributed by atoms with Gasteiger partial charge in [0.05, 0.1) is 11.6 Å². The molecule has 3 unspecified atom stereocenters. The highest BCUT2D eigenvalue weighted by Gasteiger charge is 2.35. The molecule has 3 rings (SSSR count). The maximum Gasteiger partial charge on any atom is 0.234 e. The zero-order valence-electron chi connectivity index (χ0n) is 12.0. The summed E-state index contributed by atoms with van der Waals surface area (Å²) >= 11 is 1.67. The van der Waals surface area contributed by atoms with E-state index < -0.39 is 0 Å². The van der Waals surface area contributed by atoms with Crippen LogP contribution in [0, 0.1) is 12.8 Å². The van der Waals surface area contributed by atoms with Crippen LogP contribution in [0.25, 0.3) is 0 Å². The van der Waals surface area contributed by atoms with E-state index in [2.05, 4.69) is 41.5 Å². The van der Waals surface area contributed by atoms with Gasteiger partial charge in [-0.2, -0.15) is 0 Å². The maximum atomic E-state index is 11.4. The summed E-state index contributed by atoms with van der Waals surface area (Å²) < 4.78 is 0. The first-order valence-electron chi connectivity index (χ1n) is 7.13. The molecule has 1 saturated heterocycles. The van der Waals surface area contributed by atoms with Gasteiger partial charge in [0.2, 0.25) is 5.91 Å². The molecule has 2 heterocycles. The van der Waals surface area contributed by atoms with Crippen molar-refractivity contribution in [3.8, 4) is 0 Å². The van der Waals surface area contributed by atoms with Crippen molar-refractivity contribution in [3.05, 3.63) is 52.0 Å². The van der Waals surface area contributed by atoms with E-state index in [1.807, 2.05) is 11.7 Å². The molecule has 1 aromatic heterocycles. The van der Waals surface area contributed by atoms with E-state index in [4.69, 9.17) is 5.73 Å². The van der Waals surface area contributed by atoms with E-state index in [0.717, 1.165) is 13.0 Å². The predicted molar refractivity (Wildman–Crippen MR) is 84.2 cm³/mol. The minimum atomic E-state index is -0.260. The van der Waals surface area contributed by atoms with Gasteiger partial charge in [-0.25, -0.2) is 0 Å². The van der Waals surface area contributed by atoms with Crippen LogP contribution in [-0.4, -0.2) is 23.5 Å². The Balaban J connectivity index is 1.91. The molecule has 5 heteroatoms. The number of rotatable bonds is 4. The molecule has 0 aliphatic carbocycles. The third-order valence-electron chi connectivity index (χ3n) is 4.17. The van der Waals surface area contributed by atoms with Crippen LogP contribution in [0.4, 0.5) is 0 Å². The van der Waals surface area contributed by atoms with Crippen molar-refractivity contribution < 1.29 is 4.79 Å². The molecule has 1 aliphatic heterocycles.